The molecule has 7 heteroatoms. The summed E-state index contributed by atoms with van der Waals surface area (Å²) in [6, 6.07) is 13.6. The number of rotatable bonds is 5. The molecule has 0 amide bonds. The number of benzene rings is 2. The van der Waals surface area contributed by atoms with Gasteiger partial charge >= 0.3 is 0 Å². The van der Waals surface area contributed by atoms with Crippen LogP contribution >= 0.6 is 0 Å². The first-order chi connectivity index (χ1) is 14.6. The third kappa shape index (κ3) is 3.27. The Morgan fingerprint density at radius 1 is 1.33 bits per heavy atom. The minimum absolute atomic E-state index is 0.190. The molecule has 0 unspecified atom stereocenters. The van der Waals surface area contributed by atoms with Gasteiger partial charge in [-0.3, -0.25) is 9.79 Å². The summed E-state index contributed by atoms with van der Waals surface area (Å²) in [5.74, 6) is 0.439. The number of aromatic nitrogens is 2. The third-order valence-electron chi connectivity index (χ3n) is 5.50. The van der Waals surface area contributed by atoms with Crippen LogP contribution < -0.4 is 17.0 Å². The maximum atomic E-state index is 12.1. The molecule has 5 N–H and O–H groups in total. The number of nitrogens with one attached hydrogen (secondary N) is 1. The second-order valence-corrected chi connectivity index (χ2v) is 7.27. The van der Waals surface area contributed by atoms with Crippen molar-refractivity contribution in [3.8, 4) is 6.07 Å². The molecule has 0 bridgehead atoms. The number of nitrogens with two attached hydrogens (primary N) is 2. The molecule has 3 aromatic rings. The van der Waals surface area contributed by atoms with Gasteiger partial charge in [0, 0.05) is 36.3 Å². The highest BCUT2D eigenvalue weighted by atomic mass is 16.1. The molecule has 0 spiro atoms. The van der Waals surface area contributed by atoms with E-state index in [-0.39, 0.29) is 12.1 Å². The summed E-state index contributed by atoms with van der Waals surface area (Å²) < 4.78 is 0. The first-order valence-electron chi connectivity index (χ1n) is 9.77. The van der Waals surface area contributed by atoms with Crippen molar-refractivity contribution in [3.63, 3.8) is 0 Å². The molecule has 1 aromatic heterocycles. The minimum atomic E-state index is -0.277. The van der Waals surface area contributed by atoms with Crippen molar-refractivity contribution in [3.05, 3.63) is 80.9 Å². The van der Waals surface area contributed by atoms with Gasteiger partial charge in [0.1, 0.15) is 6.07 Å². The van der Waals surface area contributed by atoms with E-state index < -0.39 is 0 Å². The largest absolute Gasteiger partial charge is 0.404 e. The van der Waals surface area contributed by atoms with E-state index in [4.69, 9.17) is 11.5 Å². The van der Waals surface area contributed by atoms with Gasteiger partial charge in [-0.2, -0.15) is 10.4 Å². The van der Waals surface area contributed by atoms with Crippen LogP contribution in [0.25, 0.3) is 16.3 Å². The molecule has 1 aliphatic rings. The Balaban J connectivity index is 1.88. The van der Waals surface area contributed by atoms with Crippen molar-refractivity contribution in [2.45, 2.75) is 25.3 Å². The van der Waals surface area contributed by atoms with Gasteiger partial charge in [-0.25, -0.2) is 5.10 Å². The fourth-order valence-corrected chi connectivity index (χ4v) is 3.87. The molecule has 1 saturated carbocycles. The van der Waals surface area contributed by atoms with E-state index in [2.05, 4.69) is 21.3 Å². The quantitative estimate of drug-likeness (QED) is 0.568. The van der Waals surface area contributed by atoms with Crippen LogP contribution in [0.1, 0.15) is 46.7 Å². The van der Waals surface area contributed by atoms with Gasteiger partial charge in [-0.15, -0.1) is 0 Å². The smallest absolute Gasteiger partial charge is 0.272 e. The van der Waals surface area contributed by atoms with Crippen LogP contribution in [-0.2, 0) is 6.54 Å². The highest BCUT2D eigenvalue weighted by Crippen LogP contribution is 2.42. The SMILES string of the molecule is CN=C(C(=CN)c1ccc2c(=O)[nH]nc(CN)c2c1)c1cccc(C2CC2)c1C#N. The average molecular weight is 398 g/mol. The predicted octanol–water partition coefficient (Wildman–Crippen LogP) is 2.55. The monoisotopic (exact) mass is 398 g/mol. The summed E-state index contributed by atoms with van der Waals surface area (Å²) in [5, 5.41) is 17.6. The number of allylic oxidation sites excluding steroid dienone is 1. The molecule has 1 aliphatic carbocycles. The summed E-state index contributed by atoms with van der Waals surface area (Å²) in [5.41, 5.74) is 16.7. The van der Waals surface area contributed by atoms with Crippen LogP contribution in [0.15, 0.2) is 52.4 Å². The number of aliphatic imine (C=N–C) groups is 1. The summed E-state index contributed by atoms with van der Waals surface area (Å²) >= 11 is 0. The van der Waals surface area contributed by atoms with E-state index in [1.54, 1.807) is 13.1 Å². The Morgan fingerprint density at radius 2 is 2.13 bits per heavy atom. The van der Waals surface area contributed by atoms with Crippen molar-refractivity contribution in [1.82, 2.24) is 10.2 Å². The van der Waals surface area contributed by atoms with Gasteiger partial charge in [0.2, 0.25) is 0 Å². The van der Waals surface area contributed by atoms with Gasteiger partial charge < -0.3 is 11.5 Å². The number of nitriles is 1. The van der Waals surface area contributed by atoms with E-state index >= 15 is 0 Å². The van der Waals surface area contributed by atoms with Crippen molar-refractivity contribution < 1.29 is 0 Å². The third-order valence-corrected chi connectivity index (χ3v) is 5.50. The normalized spacial score (nSPS) is 14.7. The zero-order chi connectivity index (χ0) is 21.3. The first kappa shape index (κ1) is 19.6. The number of aromatic amines is 1. The Hall–Kier alpha value is -3.76. The molecule has 1 fully saturated rings. The summed E-state index contributed by atoms with van der Waals surface area (Å²) in [4.78, 5) is 16.6. The van der Waals surface area contributed by atoms with E-state index in [1.807, 2.05) is 30.3 Å². The lowest BCUT2D eigenvalue weighted by Crippen LogP contribution is -2.14. The lowest BCUT2D eigenvalue weighted by Gasteiger charge is -2.15. The fourth-order valence-electron chi connectivity index (χ4n) is 3.87. The second kappa shape index (κ2) is 7.93. The van der Waals surface area contributed by atoms with Gasteiger partial charge in [0.25, 0.3) is 5.56 Å². The summed E-state index contributed by atoms with van der Waals surface area (Å²) in [6.45, 7) is 0.190. The van der Waals surface area contributed by atoms with Crippen molar-refractivity contribution >= 4 is 22.1 Å². The Kier molecular flexibility index (Phi) is 5.17. The topological polar surface area (TPSA) is 134 Å². The van der Waals surface area contributed by atoms with E-state index in [0.29, 0.717) is 39.2 Å². The number of hydrogen-bond donors (Lipinski definition) is 3. The van der Waals surface area contributed by atoms with Crippen LogP contribution in [0.2, 0.25) is 0 Å². The highest BCUT2D eigenvalue weighted by molar-refractivity contribution is 6.32. The average Bonchev–Trinajstić information content (AvgIpc) is 3.62. The second-order valence-electron chi connectivity index (χ2n) is 7.27. The molecule has 0 radical (unpaired) electrons. The van der Waals surface area contributed by atoms with Crippen LogP contribution in [0, 0.1) is 11.3 Å². The Labute approximate surface area is 173 Å². The predicted molar refractivity (Wildman–Crippen MR) is 118 cm³/mol. The zero-order valence-corrected chi connectivity index (χ0v) is 16.6. The summed E-state index contributed by atoms with van der Waals surface area (Å²) in [6.07, 6.45) is 3.69. The number of H-pyrrole nitrogens is 1. The van der Waals surface area contributed by atoms with Gasteiger partial charge in [-0.05, 0) is 42.0 Å². The molecular formula is C23H22N6O. The van der Waals surface area contributed by atoms with E-state index in [0.717, 1.165) is 29.5 Å². The van der Waals surface area contributed by atoms with Crippen LogP contribution in [0.5, 0.6) is 0 Å². The molecule has 4 rings (SSSR count). The maximum Gasteiger partial charge on any atom is 0.272 e. The van der Waals surface area contributed by atoms with Gasteiger partial charge in [0.15, 0.2) is 0 Å². The highest BCUT2D eigenvalue weighted by Gasteiger charge is 2.28. The van der Waals surface area contributed by atoms with Crippen molar-refractivity contribution in [2.24, 2.45) is 16.5 Å². The maximum absolute atomic E-state index is 12.1. The minimum Gasteiger partial charge on any atom is -0.404 e. The Bertz CT molecular complexity index is 1290. The molecule has 7 nitrogen and oxygen atoms in total. The summed E-state index contributed by atoms with van der Waals surface area (Å²) in [7, 11) is 1.68. The van der Waals surface area contributed by atoms with Gasteiger partial charge in [-0.1, -0.05) is 24.3 Å². The van der Waals surface area contributed by atoms with Crippen molar-refractivity contribution in [1.29, 1.82) is 5.26 Å². The van der Waals surface area contributed by atoms with Crippen LogP contribution in [0.3, 0.4) is 0 Å². The number of fused-ring (bicyclic) bond motifs is 1. The van der Waals surface area contributed by atoms with E-state index in [1.165, 1.54) is 6.20 Å². The lowest BCUT2D eigenvalue weighted by atomic mass is 9.89. The number of nitrogens with zero attached hydrogens (tertiary/aromatic N) is 3. The Morgan fingerprint density at radius 3 is 2.77 bits per heavy atom. The van der Waals surface area contributed by atoms with Crippen molar-refractivity contribution in [2.75, 3.05) is 7.05 Å². The van der Waals surface area contributed by atoms with E-state index in [9.17, 15) is 10.1 Å². The molecular weight excluding hydrogens is 376 g/mol. The lowest BCUT2D eigenvalue weighted by molar-refractivity contribution is 0.900. The molecule has 0 saturated heterocycles. The molecule has 1 heterocycles. The molecule has 30 heavy (non-hydrogen) atoms. The molecule has 0 aliphatic heterocycles. The standard InChI is InChI=1S/C23H22N6O/c1-27-22(16-4-2-3-15(13-5-6-13)20(16)11-25)19(10-24)14-7-8-17-18(9-14)21(12-26)28-29-23(17)30/h2-4,7-10,13H,5-6,12,24,26H2,1H3,(H,29,30). The first-order valence-corrected chi connectivity index (χ1v) is 9.77. The van der Waals surface area contributed by atoms with Crippen LogP contribution in [-0.4, -0.2) is 23.0 Å². The molecule has 0 atom stereocenters. The zero-order valence-electron chi connectivity index (χ0n) is 16.6. The van der Waals surface area contributed by atoms with Crippen LogP contribution in [0.4, 0.5) is 0 Å². The fraction of sp³-hybridized carbons (Fsp3) is 0.217. The number of hydrogen-bond acceptors (Lipinski definition) is 6. The molecule has 2 aromatic carbocycles. The molecule has 150 valence electrons. The van der Waals surface area contributed by atoms with Gasteiger partial charge in [0.05, 0.1) is 22.4 Å².